The normalized spacial score (nSPS) is 11.4. The number of benzene rings is 1. The van der Waals surface area contributed by atoms with Crippen molar-refractivity contribution in [2.24, 2.45) is 0 Å². The number of halogens is 3. The molecule has 0 atom stereocenters. The van der Waals surface area contributed by atoms with Crippen LogP contribution in [0.5, 0.6) is 0 Å². The predicted molar refractivity (Wildman–Crippen MR) is 80.6 cm³/mol. The Balaban J connectivity index is 2.51. The number of anilines is 2. The predicted octanol–water partition coefficient (Wildman–Crippen LogP) is 3.22. The van der Waals surface area contributed by atoms with Gasteiger partial charge in [-0.3, -0.25) is 4.72 Å². The highest BCUT2D eigenvalue weighted by atomic mass is 35.5. The molecular formula is C12H10Cl2FN3O2S. The smallest absolute Gasteiger partial charge is 0.265 e. The van der Waals surface area contributed by atoms with E-state index in [-0.39, 0.29) is 21.6 Å². The molecule has 0 aliphatic rings. The highest BCUT2D eigenvalue weighted by molar-refractivity contribution is 7.92. The number of pyridine rings is 1. The van der Waals surface area contributed by atoms with E-state index in [0.717, 1.165) is 12.1 Å². The summed E-state index contributed by atoms with van der Waals surface area (Å²) >= 11 is 11.4. The third-order valence-electron chi connectivity index (χ3n) is 2.53. The highest BCUT2D eigenvalue weighted by Gasteiger charge is 2.23. The van der Waals surface area contributed by atoms with E-state index in [4.69, 9.17) is 28.9 Å². The maximum atomic E-state index is 13.9. The van der Waals surface area contributed by atoms with E-state index in [9.17, 15) is 12.8 Å². The molecule has 9 heteroatoms. The highest BCUT2D eigenvalue weighted by Crippen LogP contribution is 2.29. The number of aromatic nitrogens is 1. The van der Waals surface area contributed by atoms with Gasteiger partial charge in [-0.25, -0.2) is 17.8 Å². The van der Waals surface area contributed by atoms with Crippen molar-refractivity contribution in [3.8, 4) is 0 Å². The summed E-state index contributed by atoms with van der Waals surface area (Å²) < 4.78 is 40.5. The van der Waals surface area contributed by atoms with Crippen LogP contribution in [-0.2, 0) is 10.0 Å². The molecule has 0 spiro atoms. The molecule has 2 aromatic rings. The fourth-order valence-corrected chi connectivity index (χ4v) is 3.29. The van der Waals surface area contributed by atoms with Crippen molar-refractivity contribution in [3.63, 3.8) is 0 Å². The molecule has 0 saturated carbocycles. The van der Waals surface area contributed by atoms with Crippen LogP contribution in [0.4, 0.5) is 15.8 Å². The first-order valence-corrected chi connectivity index (χ1v) is 7.84. The van der Waals surface area contributed by atoms with Crippen molar-refractivity contribution in [1.29, 1.82) is 0 Å². The third-order valence-corrected chi connectivity index (χ3v) is 4.47. The number of hydrogen-bond acceptors (Lipinski definition) is 4. The Morgan fingerprint density at radius 3 is 2.62 bits per heavy atom. The minimum Gasteiger partial charge on any atom is -0.399 e. The van der Waals surface area contributed by atoms with Crippen LogP contribution < -0.4 is 10.5 Å². The molecule has 0 unspecified atom stereocenters. The third kappa shape index (κ3) is 3.37. The maximum absolute atomic E-state index is 13.9. The van der Waals surface area contributed by atoms with Crippen molar-refractivity contribution in [2.45, 2.75) is 11.8 Å². The van der Waals surface area contributed by atoms with Gasteiger partial charge < -0.3 is 5.73 Å². The van der Waals surface area contributed by atoms with E-state index in [1.807, 2.05) is 0 Å². The van der Waals surface area contributed by atoms with Crippen LogP contribution in [0.1, 0.15) is 5.56 Å². The molecule has 0 amide bonds. The molecule has 21 heavy (non-hydrogen) atoms. The number of sulfonamides is 1. The van der Waals surface area contributed by atoms with Crippen molar-refractivity contribution in [3.05, 3.63) is 46.0 Å². The summed E-state index contributed by atoms with van der Waals surface area (Å²) in [6, 6.07) is 3.57. The van der Waals surface area contributed by atoms with Crippen molar-refractivity contribution in [2.75, 3.05) is 10.5 Å². The average Bonchev–Trinajstić information content (AvgIpc) is 2.37. The van der Waals surface area contributed by atoms with Gasteiger partial charge in [0.2, 0.25) is 0 Å². The van der Waals surface area contributed by atoms with Gasteiger partial charge in [0.05, 0.1) is 10.7 Å². The molecule has 0 fully saturated rings. The number of nitrogens with zero attached hydrogens (tertiary/aromatic N) is 1. The molecule has 5 nitrogen and oxygen atoms in total. The Morgan fingerprint density at radius 1 is 1.29 bits per heavy atom. The fraction of sp³-hybridized carbons (Fsp3) is 0.0833. The van der Waals surface area contributed by atoms with Gasteiger partial charge in [-0.1, -0.05) is 23.2 Å². The van der Waals surface area contributed by atoms with Crippen LogP contribution in [0.25, 0.3) is 0 Å². The number of rotatable bonds is 3. The lowest BCUT2D eigenvalue weighted by molar-refractivity contribution is 0.571. The number of aryl methyl sites for hydroxylation is 1. The zero-order valence-corrected chi connectivity index (χ0v) is 13.0. The summed E-state index contributed by atoms with van der Waals surface area (Å²) in [6.45, 7) is 1.71. The second kappa shape index (κ2) is 5.67. The minimum absolute atomic E-state index is 0.0234. The Bertz CT molecular complexity index is 812. The van der Waals surface area contributed by atoms with Gasteiger partial charge in [0.25, 0.3) is 10.0 Å². The van der Waals surface area contributed by atoms with E-state index in [2.05, 4.69) is 9.71 Å². The molecule has 1 heterocycles. The second-order valence-corrected chi connectivity index (χ2v) is 6.69. The zero-order valence-electron chi connectivity index (χ0n) is 10.7. The number of nitrogens with two attached hydrogens (primary N) is 1. The van der Waals surface area contributed by atoms with Gasteiger partial charge in [0.1, 0.15) is 4.90 Å². The lowest BCUT2D eigenvalue weighted by Crippen LogP contribution is -2.16. The molecule has 112 valence electrons. The zero-order chi connectivity index (χ0) is 15.8. The summed E-state index contributed by atoms with van der Waals surface area (Å²) in [5, 5.41) is -0.441. The molecule has 0 aliphatic heterocycles. The SMILES string of the molecule is Cc1cnc(Cl)c(NS(=O)(=O)c2cc(N)cc(Cl)c2F)c1. The van der Waals surface area contributed by atoms with Crippen LogP contribution in [0, 0.1) is 12.7 Å². The van der Waals surface area contributed by atoms with Crippen LogP contribution in [0.2, 0.25) is 10.2 Å². The van der Waals surface area contributed by atoms with E-state index >= 15 is 0 Å². The summed E-state index contributed by atoms with van der Waals surface area (Å²) in [7, 11) is -4.24. The Hall–Kier alpha value is -1.57. The molecule has 0 aliphatic carbocycles. The topological polar surface area (TPSA) is 85.1 Å². The van der Waals surface area contributed by atoms with Crippen LogP contribution in [0.15, 0.2) is 29.3 Å². The lowest BCUT2D eigenvalue weighted by Gasteiger charge is -2.11. The first-order valence-electron chi connectivity index (χ1n) is 5.60. The largest absolute Gasteiger partial charge is 0.399 e. The quantitative estimate of drug-likeness (QED) is 0.658. The van der Waals surface area contributed by atoms with E-state index in [1.54, 1.807) is 6.92 Å². The molecular weight excluding hydrogens is 340 g/mol. The van der Waals surface area contributed by atoms with Crippen LogP contribution in [-0.4, -0.2) is 13.4 Å². The lowest BCUT2D eigenvalue weighted by atomic mass is 10.3. The van der Waals surface area contributed by atoms with Gasteiger partial charge in [-0.2, -0.15) is 0 Å². The molecule has 0 saturated heterocycles. The van der Waals surface area contributed by atoms with Crippen LogP contribution in [0.3, 0.4) is 0 Å². The Morgan fingerprint density at radius 2 is 1.95 bits per heavy atom. The first kappa shape index (κ1) is 15.8. The summed E-state index contributed by atoms with van der Waals surface area (Å²) in [5.74, 6) is -1.09. The minimum atomic E-state index is -4.24. The summed E-state index contributed by atoms with van der Waals surface area (Å²) in [4.78, 5) is 3.15. The van der Waals surface area contributed by atoms with E-state index in [0.29, 0.717) is 5.56 Å². The molecule has 0 bridgehead atoms. The van der Waals surface area contributed by atoms with Crippen molar-refractivity contribution < 1.29 is 12.8 Å². The maximum Gasteiger partial charge on any atom is 0.265 e. The fourth-order valence-electron chi connectivity index (χ4n) is 1.60. The number of nitrogen functional groups attached to an aromatic ring is 1. The van der Waals surface area contributed by atoms with E-state index in [1.165, 1.54) is 12.3 Å². The van der Waals surface area contributed by atoms with Gasteiger partial charge in [0, 0.05) is 11.9 Å². The summed E-state index contributed by atoms with van der Waals surface area (Å²) in [6.07, 6.45) is 1.47. The van der Waals surface area contributed by atoms with Crippen molar-refractivity contribution in [1.82, 2.24) is 4.98 Å². The molecule has 2 rings (SSSR count). The summed E-state index contributed by atoms with van der Waals surface area (Å²) in [5.41, 5.74) is 6.23. The molecule has 0 radical (unpaired) electrons. The van der Waals surface area contributed by atoms with Gasteiger partial charge >= 0.3 is 0 Å². The Labute approximate surface area is 130 Å². The molecule has 1 aromatic heterocycles. The van der Waals surface area contributed by atoms with Gasteiger partial charge in [0.15, 0.2) is 11.0 Å². The van der Waals surface area contributed by atoms with Gasteiger partial charge in [-0.05, 0) is 30.7 Å². The monoisotopic (exact) mass is 349 g/mol. The average molecular weight is 350 g/mol. The number of nitrogens with one attached hydrogen (secondary N) is 1. The molecule has 1 aromatic carbocycles. The number of hydrogen-bond donors (Lipinski definition) is 2. The standard InChI is InChI=1S/C12H10Cl2FN3O2S/c1-6-2-9(12(14)17-5-6)18-21(19,20)10-4-7(16)3-8(13)11(10)15/h2-5,18H,16H2,1H3. The van der Waals surface area contributed by atoms with Gasteiger partial charge in [-0.15, -0.1) is 0 Å². The van der Waals surface area contributed by atoms with Crippen LogP contribution >= 0.6 is 23.2 Å². The molecule has 3 N–H and O–H groups in total. The van der Waals surface area contributed by atoms with E-state index < -0.39 is 20.7 Å². The van der Waals surface area contributed by atoms with Crippen molar-refractivity contribution >= 4 is 44.6 Å². The Kier molecular flexibility index (Phi) is 4.27. The first-order chi connectivity index (χ1) is 9.70. The second-order valence-electron chi connectivity index (χ2n) is 4.27.